The fraction of sp³-hybridized carbons (Fsp3) is 0.370. The summed E-state index contributed by atoms with van der Waals surface area (Å²) in [5, 5.41) is 6.75. The molecule has 1 aromatic carbocycles. The molecule has 2 fully saturated rings. The molecule has 35 heavy (non-hydrogen) atoms. The van der Waals surface area contributed by atoms with Gasteiger partial charge in [0.05, 0.1) is 17.3 Å². The number of thiophene rings is 1. The number of ketones is 1. The first kappa shape index (κ1) is 24.3. The Labute approximate surface area is 218 Å². The summed E-state index contributed by atoms with van der Waals surface area (Å²) in [7, 11) is 0. The van der Waals surface area contributed by atoms with Gasteiger partial charge in [-0.2, -0.15) is 11.3 Å². The van der Waals surface area contributed by atoms with Crippen LogP contribution in [0.15, 0.2) is 58.1 Å². The molecular weight excluding hydrogens is 500 g/mol. The van der Waals surface area contributed by atoms with E-state index in [1.165, 1.54) is 48.8 Å². The van der Waals surface area contributed by atoms with Crippen LogP contribution < -0.4 is 10.1 Å². The second kappa shape index (κ2) is 10.3. The molecule has 1 aliphatic heterocycles. The summed E-state index contributed by atoms with van der Waals surface area (Å²) in [5.74, 6) is 0.594. The first-order chi connectivity index (χ1) is 16.9. The number of aromatic nitrogens is 1. The molecule has 182 valence electrons. The van der Waals surface area contributed by atoms with Crippen LogP contribution in [0.5, 0.6) is 5.88 Å². The van der Waals surface area contributed by atoms with Crippen LogP contribution in [0.3, 0.4) is 0 Å². The van der Waals surface area contributed by atoms with Crippen molar-refractivity contribution in [3.05, 3.63) is 75.1 Å². The molecule has 5 nitrogen and oxygen atoms in total. The summed E-state index contributed by atoms with van der Waals surface area (Å²) in [5.41, 5.74) is 1.45. The van der Waals surface area contributed by atoms with Gasteiger partial charge in [-0.3, -0.25) is 9.59 Å². The van der Waals surface area contributed by atoms with Gasteiger partial charge in [0.2, 0.25) is 11.8 Å². The number of nitrogens with one attached hydrogen (secondary N) is 1. The number of benzene rings is 1. The van der Waals surface area contributed by atoms with Crippen LogP contribution in [0.1, 0.15) is 48.9 Å². The van der Waals surface area contributed by atoms with Crippen LogP contribution >= 0.6 is 34.7 Å². The molecule has 1 saturated carbocycles. The number of hydrogen-bond donors (Lipinski definition) is 1. The smallest absolute Gasteiger partial charge is 0.242 e. The highest BCUT2D eigenvalue weighted by atomic mass is 35.5. The fourth-order valence-electron chi connectivity index (χ4n) is 4.87. The number of Topliss-reactive ketones (excluding diaryl/α,β-unsaturated/α-hetero) is 1. The number of rotatable bonds is 7. The number of carbonyl (C=O) groups is 2. The summed E-state index contributed by atoms with van der Waals surface area (Å²) < 4.78 is 6.04. The molecule has 2 atom stereocenters. The lowest BCUT2D eigenvalue weighted by Crippen LogP contribution is -2.58. The summed E-state index contributed by atoms with van der Waals surface area (Å²) in [6.45, 7) is 2.59. The quantitative estimate of drug-likeness (QED) is 0.373. The minimum atomic E-state index is -1.03. The molecule has 1 amide bonds. The van der Waals surface area contributed by atoms with E-state index in [2.05, 4.69) is 5.32 Å². The zero-order valence-electron chi connectivity index (χ0n) is 19.5. The number of carbonyl (C=O) groups excluding carboxylic acids is 2. The number of nitrogens with zero attached hydrogens (tertiary/aromatic N) is 1. The number of thioether (sulfide) groups is 1. The second-order valence-electron chi connectivity index (χ2n) is 9.30. The van der Waals surface area contributed by atoms with E-state index in [1.807, 2.05) is 60.1 Å². The molecule has 2 aromatic heterocycles. The molecule has 1 saturated heterocycles. The Hall–Kier alpha value is -2.35. The van der Waals surface area contributed by atoms with E-state index in [-0.39, 0.29) is 18.1 Å². The first-order valence-corrected chi connectivity index (χ1v) is 14.1. The Morgan fingerprint density at radius 1 is 1.20 bits per heavy atom. The molecule has 8 heteroatoms. The summed E-state index contributed by atoms with van der Waals surface area (Å²) in [4.78, 5) is 32.4. The average Bonchev–Trinajstić information content (AvgIpc) is 3.56. The van der Waals surface area contributed by atoms with E-state index in [4.69, 9.17) is 21.3 Å². The maximum absolute atomic E-state index is 13.5. The topological polar surface area (TPSA) is 68.3 Å². The number of pyridine rings is 1. The van der Waals surface area contributed by atoms with E-state index >= 15 is 0 Å². The Kier molecular flexibility index (Phi) is 7.19. The van der Waals surface area contributed by atoms with Crippen molar-refractivity contribution in [2.24, 2.45) is 5.92 Å². The molecule has 1 N–H and O–H groups in total. The number of amides is 1. The zero-order chi connectivity index (χ0) is 24.4. The minimum absolute atomic E-state index is 0.107. The van der Waals surface area contributed by atoms with Crippen molar-refractivity contribution < 1.29 is 14.3 Å². The third kappa shape index (κ3) is 5.13. The van der Waals surface area contributed by atoms with Gasteiger partial charge in [0.15, 0.2) is 5.78 Å². The van der Waals surface area contributed by atoms with Crippen LogP contribution in [-0.2, 0) is 15.1 Å². The van der Waals surface area contributed by atoms with Gasteiger partial charge in [-0.15, -0.1) is 11.8 Å². The third-order valence-electron chi connectivity index (χ3n) is 6.76. The largest absolute Gasteiger partial charge is 0.477 e. The van der Waals surface area contributed by atoms with E-state index in [1.54, 1.807) is 0 Å². The Bertz CT molecular complexity index is 1210. The van der Waals surface area contributed by atoms with E-state index in [9.17, 15) is 9.59 Å². The van der Waals surface area contributed by atoms with Crippen LogP contribution in [0.25, 0.3) is 0 Å². The molecule has 5 rings (SSSR count). The lowest BCUT2D eigenvalue weighted by atomic mass is 9.79. The molecule has 3 aromatic rings. The number of ether oxygens (including phenoxy) is 1. The van der Waals surface area contributed by atoms with Gasteiger partial charge in [0, 0.05) is 17.4 Å². The van der Waals surface area contributed by atoms with Crippen molar-refractivity contribution >= 4 is 46.4 Å². The molecule has 0 spiro atoms. The average molecular weight is 527 g/mol. The number of piperidine rings is 1. The standard InChI is InChI=1S/C27H27ClN2O3S2/c1-17-9-10-22(20(28)13-17)35-25-21(31)14-27(30-26(25)32,19-11-12-34-16-19)23-7-4-8-24(29-23)33-15-18-5-2-3-6-18/h4,7-13,16,18,25H,2-3,5-6,14-15H2,1H3,(H,30,32). The van der Waals surface area contributed by atoms with E-state index < -0.39 is 10.8 Å². The SMILES string of the molecule is Cc1ccc(SC2C(=O)CC(c3ccsc3)(c3cccc(OCC4CCCC4)n3)NC2=O)c(Cl)c1. The zero-order valence-corrected chi connectivity index (χ0v) is 21.8. The van der Waals surface area contributed by atoms with Crippen LogP contribution in [0.2, 0.25) is 5.02 Å². The summed E-state index contributed by atoms with van der Waals surface area (Å²) in [6.07, 6.45) is 4.99. The van der Waals surface area contributed by atoms with Gasteiger partial charge in [-0.05, 0) is 71.8 Å². The highest BCUT2D eigenvalue weighted by Gasteiger charge is 2.48. The molecule has 0 bridgehead atoms. The molecular formula is C27H27ClN2O3S2. The van der Waals surface area contributed by atoms with Crippen molar-refractivity contribution in [2.45, 2.75) is 54.7 Å². The minimum Gasteiger partial charge on any atom is -0.477 e. The molecule has 1 aliphatic carbocycles. The number of hydrogen-bond acceptors (Lipinski definition) is 6. The van der Waals surface area contributed by atoms with Gasteiger partial charge >= 0.3 is 0 Å². The van der Waals surface area contributed by atoms with Crippen LogP contribution in [-0.4, -0.2) is 28.5 Å². The molecule has 0 radical (unpaired) electrons. The highest BCUT2D eigenvalue weighted by molar-refractivity contribution is 8.01. The predicted octanol–water partition coefficient (Wildman–Crippen LogP) is 6.17. The normalized spacial score (nSPS) is 22.9. The van der Waals surface area contributed by atoms with Crippen molar-refractivity contribution in [2.75, 3.05) is 6.61 Å². The Morgan fingerprint density at radius 3 is 2.74 bits per heavy atom. The van der Waals surface area contributed by atoms with Crippen molar-refractivity contribution in [3.63, 3.8) is 0 Å². The Balaban J connectivity index is 1.42. The fourth-order valence-corrected chi connectivity index (χ4v) is 6.92. The maximum atomic E-state index is 13.5. The van der Waals surface area contributed by atoms with Crippen LogP contribution in [0.4, 0.5) is 0 Å². The van der Waals surface area contributed by atoms with Crippen LogP contribution in [0, 0.1) is 12.8 Å². The maximum Gasteiger partial charge on any atom is 0.242 e. The van der Waals surface area contributed by atoms with Gasteiger partial charge in [-0.1, -0.05) is 36.6 Å². The third-order valence-corrected chi connectivity index (χ3v) is 9.19. The van der Waals surface area contributed by atoms with Gasteiger partial charge in [0.1, 0.15) is 10.8 Å². The Morgan fingerprint density at radius 2 is 2.03 bits per heavy atom. The van der Waals surface area contributed by atoms with Gasteiger partial charge in [0.25, 0.3) is 0 Å². The van der Waals surface area contributed by atoms with Crippen molar-refractivity contribution in [1.29, 1.82) is 0 Å². The first-order valence-electron chi connectivity index (χ1n) is 11.9. The van der Waals surface area contributed by atoms with Gasteiger partial charge < -0.3 is 10.1 Å². The lowest BCUT2D eigenvalue weighted by Gasteiger charge is -2.39. The van der Waals surface area contributed by atoms with Crippen molar-refractivity contribution in [1.82, 2.24) is 10.3 Å². The lowest BCUT2D eigenvalue weighted by molar-refractivity contribution is -0.133. The monoisotopic (exact) mass is 526 g/mol. The molecule has 2 unspecified atom stereocenters. The van der Waals surface area contributed by atoms with Gasteiger partial charge in [-0.25, -0.2) is 4.98 Å². The summed E-state index contributed by atoms with van der Waals surface area (Å²) >= 11 is 9.11. The highest BCUT2D eigenvalue weighted by Crippen LogP contribution is 2.41. The number of halogens is 1. The predicted molar refractivity (Wildman–Crippen MR) is 140 cm³/mol. The number of aryl methyl sites for hydroxylation is 1. The molecule has 3 heterocycles. The molecule has 2 aliphatic rings. The second-order valence-corrected chi connectivity index (χ2v) is 11.6. The van der Waals surface area contributed by atoms with E-state index in [0.29, 0.717) is 34.0 Å². The van der Waals surface area contributed by atoms with Crippen molar-refractivity contribution in [3.8, 4) is 5.88 Å². The van der Waals surface area contributed by atoms with E-state index in [0.717, 1.165) is 11.1 Å². The summed E-state index contributed by atoms with van der Waals surface area (Å²) in [6, 6.07) is 13.1.